The van der Waals surface area contributed by atoms with E-state index in [1.807, 2.05) is 0 Å². The molecular formula is C12H23N5. The zero-order valence-electron chi connectivity index (χ0n) is 11.2. The lowest BCUT2D eigenvalue weighted by molar-refractivity contribution is 0.556. The van der Waals surface area contributed by atoms with Crippen molar-refractivity contribution in [1.29, 1.82) is 0 Å². The molecule has 0 radical (unpaired) electrons. The topological polar surface area (TPSA) is 67.1 Å². The highest BCUT2D eigenvalue weighted by atomic mass is 15.3. The van der Waals surface area contributed by atoms with Gasteiger partial charge in [-0.1, -0.05) is 27.2 Å². The van der Waals surface area contributed by atoms with Gasteiger partial charge in [-0.05, 0) is 12.3 Å². The second kappa shape index (κ2) is 6.39. The molecule has 0 aliphatic rings. The van der Waals surface area contributed by atoms with Crippen molar-refractivity contribution >= 4 is 11.6 Å². The fourth-order valence-corrected chi connectivity index (χ4v) is 1.86. The van der Waals surface area contributed by atoms with Crippen LogP contribution in [0, 0.1) is 5.92 Å². The van der Waals surface area contributed by atoms with Gasteiger partial charge in [0.2, 0.25) is 0 Å². The summed E-state index contributed by atoms with van der Waals surface area (Å²) in [4.78, 5) is 10.7. The Morgan fingerprint density at radius 3 is 2.65 bits per heavy atom. The summed E-state index contributed by atoms with van der Waals surface area (Å²) >= 11 is 0. The average molecular weight is 237 g/mol. The van der Waals surface area contributed by atoms with Gasteiger partial charge in [0.05, 0.1) is 0 Å². The number of nitrogen functional groups attached to an aromatic ring is 1. The van der Waals surface area contributed by atoms with E-state index < -0.39 is 0 Å². The second-order valence-electron chi connectivity index (χ2n) is 4.42. The van der Waals surface area contributed by atoms with Gasteiger partial charge in [-0.3, -0.25) is 0 Å². The van der Waals surface area contributed by atoms with Crippen molar-refractivity contribution < 1.29 is 0 Å². The molecule has 1 aromatic rings. The van der Waals surface area contributed by atoms with Gasteiger partial charge in [-0.25, -0.2) is 15.8 Å². The largest absolute Gasteiger partial charge is 0.359 e. The lowest BCUT2D eigenvalue weighted by Gasteiger charge is -2.24. The normalized spacial score (nSPS) is 12.3. The predicted octanol–water partition coefficient (Wildman–Crippen LogP) is 1.81. The van der Waals surface area contributed by atoms with Gasteiger partial charge in [0.25, 0.3) is 0 Å². The maximum absolute atomic E-state index is 5.46. The van der Waals surface area contributed by atoms with Crippen molar-refractivity contribution in [1.82, 2.24) is 9.97 Å². The number of hydrogen-bond acceptors (Lipinski definition) is 5. The Morgan fingerprint density at radius 2 is 2.12 bits per heavy atom. The Morgan fingerprint density at radius 1 is 1.41 bits per heavy atom. The van der Waals surface area contributed by atoms with E-state index in [-0.39, 0.29) is 0 Å². The molecule has 96 valence electrons. The number of hydrazine groups is 1. The molecule has 17 heavy (non-hydrogen) atoms. The van der Waals surface area contributed by atoms with Gasteiger partial charge < -0.3 is 10.3 Å². The number of nitrogens with one attached hydrogen (secondary N) is 1. The SMILES string of the molecule is CCc1c(NN)ncnc1N(C)CC(C)CC. The third-order valence-electron chi connectivity index (χ3n) is 3.06. The maximum atomic E-state index is 5.46. The smallest absolute Gasteiger partial charge is 0.148 e. The Hall–Kier alpha value is -1.36. The van der Waals surface area contributed by atoms with Crippen LogP contribution in [0.2, 0.25) is 0 Å². The molecule has 0 amide bonds. The lowest BCUT2D eigenvalue weighted by atomic mass is 10.1. The van der Waals surface area contributed by atoms with Gasteiger partial charge in [0.15, 0.2) is 0 Å². The van der Waals surface area contributed by atoms with Crippen molar-refractivity contribution in [3.63, 3.8) is 0 Å². The molecule has 1 atom stereocenters. The van der Waals surface area contributed by atoms with E-state index in [2.05, 4.69) is 48.1 Å². The van der Waals surface area contributed by atoms with Gasteiger partial charge >= 0.3 is 0 Å². The number of aromatic nitrogens is 2. The molecule has 1 aromatic heterocycles. The molecule has 5 heteroatoms. The summed E-state index contributed by atoms with van der Waals surface area (Å²) in [7, 11) is 2.06. The van der Waals surface area contributed by atoms with Crippen LogP contribution in [0.15, 0.2) is 6.33 Å². The van der Waals surface area contributed by atoms with E-state index in [9.17, 15) is 0 Å². The summed E-state index contributed by atoms with van der Waals surface area (Å²) in [6.45, 7) is 7.52. The molecule has 1 unspecified atom stereocenters. The summed E-state index contributed by atoms with van der Waals surface area (Å²) in [5, 5.41) is 0. The predicted molar refractivity (Wildman–Crippen MR) is 71.9 cm³/mol. The first-order valence-electron chi connectivity index (χ1n) is 6.15. The van der Waals surface area contributed by atoms with Gasteiger partial charge in [-0.15, -0.1) is 0 Å². The van der Waals surface area contributed by atoms with Crippen LogP contribution in [-0.4, -0.2) is 23.6 Å². The number of rotatable bonds is 6. The van der Waals surface area contributed by atoms with Gasteiger partial charge in [0.1, 0.15) is 18.0 Å². The molecule has 1 rings (SSSR count). The minimum Gasteiger partial charge on any atom is -0.359 e. The molecule has 0 saturated carbocycles. The Bertz CT molecular complexity index is 353. The van der Waals surface area contributed by atoms with Crippen LogP contribution >= 0.6 is 0 Å². The lowest BCUT2D eigenvalue weighted by Crippen LogP contribution is -2.26. The van der Waals surface area contributed by atoms with Gasteiger partial charge in [0, 0.05) is 19.2 Å². The van der Waals surface area contributed by atoms with E-state index in [4.69, 9.17) is 5.84 Å². The Labute approximate surface area is 103 Å². The third-order valence-corrected chi connectivity index (χ3v) is 3.06. The van der Waals surface area contributed by atoms with Crippen molar-refractivity contribution in [2.75, 3.05) is 23.9 Å². The molecule has 0 fully saturated rings. The number of nitrogens with zero attached hydrogens (tertiary/aromatic N) is 3. The minimum absolute atomic E-state index is 0.647. The highest BCUT2D eigenvalue weighted by Gasteiger charge is 2.14. The zero-order valence-corrected chi connectivity index (χ0v) is 11.2. The molecule has 0 bridgehead atoms. The molecular weight excluding hydrogens is 214 g/mol. The molecule has 0 spiro atoms. The van der Waals surface area contributed by atoms with Gasteiger partial charge in [-0.2, -0.15) is 0 Å². The fraction of sp³-hybridized carbons (Fsp3) is 0.667. The third kappa shape index (κ3) is 3.30. The van der Waals surface area contributed by atoms with Crippen molar-refractivity contribution in [2.24, 2.45) is 11.8 Å². The molecule has 0 aromatic carbocycles. The molecule has 3 N–H and O–H groups in total. The van der Waals surface area contributed by atoms with E-state index in [1.165, 1.54) is 6.42 Å². The maximum Gasteiger partial charge on any atom is 0.148 e. The van der Waals surface area contributed by atoms with Crippen LogP contribution in [0.1, 0.15) is 32.8 Å². The molecule has 0 saturated heterocycles. The van der Waals surface area contributed by atoms with Crippen molar-refractivity contribution in [2.45, 2.75) is 33.6 Å². The van der Waals surface area contributed by atoms with Crippen LogP contribution < -0.4 is 16.2 Å². The molecule has 5 nitrogen and oxygen atoms in total. The van der Waals surface area contributed by atoms with Crippen molar-refractivity contribution in [3.05, 3.63) is 11.9 Å². The van der Waals surface area contributed by atoms with Crippen LogP contribution in [-0.2, 0) is 6.42 Å². The van der Waals surface area contributed by atoms with Crippen LogP contribution in [0.3, 0.4) is 0 Å². The quantitative estimate of drug-likeness (QED) is 0.583. The van der Waals surface area contributed by atoms with Crippen LogP contribution in [0.4, 0.5) is 11.6 Å². The first-order chi connectivity index (χ1) is 8.13. The fourth-order valence-electron chi connectivity index (χ4n) is 1.86. The highest BCUT2D eigenvalue weighted by Crippen LogP contribution is 2.23. The first kappa shape index (κ1) is 13.7. The Kier molecular flexibility index (Phi) is 5.15. The molecule has 0 aliphatic carbocycles. The summed E-state index contributed by atoms with van der Waals surface area (Å²) in [6.07, 6.45) is 3.58. The summed E-state index contributed by atoms with van der Waals surface area (Å²) in [6, 6.07) is 0. The standard InChI is InChI=1S/C12H23N5/c1-5-9(3)7-17(4)12-10(6-2)11(16-13)14-8-15-12/h8-9H,5-7,13H2,1-4H3,(H,14,15,16). The second-order valence-corrected chi connectivity index (χ2v) is 4.42. The summed E-state index contributed by atoms with van der Waals surface area (Å²) < 4.78 is 0. The summed E-state index contributed by atoms with van der Waals surface area (Å²) in [5.74, 6) is 7.80. The molecule has 1 heterocycles. The highest BCUT2D eigenvalue weighted by molar-refractivity contribution is 5.57. The van der Waals surface area contributed by atoms with E-state index >= 15 is 0 Å². The summed E-state index contributed by atoms with van der Waals surface area (Å²) in [5.41, 5.74) is 3.70. The number of anilines is 2. The number of hydrogen-bond donors (Lipinski definition) is 2. The van der Waals surface area contributed by atoms with Crippen LogP contribution in [0.5, 0.6) is 0 Å². The molecule has 0 aliphatic heterocycles. The van der Waals surface area contributed by atoms with E-state index in [0.29, 0.717) is 11.7 Å². The monoisotopic (exact) mass is 237 g/mol. The number of nitrogens with two attached hydrogens (primary N) is 1. The first-order valence-corrected chi connectivity index (χ1v) is 6.15. The minimum atomic E-state index is 0.647. The van der Waals surface area contributed by atoms with Crippen LogP contribution in [0.25, 0.3) is 0 Å². The zero-order chi connectivity index (χ0) is 12.8. The Balaban J connectivity index is 2.96. The van der Waals surface area contributed by atoms with Crippen molar-refractivity contribution in [3.8, 4) is 0 Å². The van der Waals surface area contributed by atoms with E-state index in [0.717, 1.165) is 24.3 Å². The van der Waals surface area contributed by atoms with E-state index in [1.54, 1.807) is 6.33 Å². The average Bonchev–Trinajstić information content (AvgIpc) is 2.37.